The highest BCUT2D eigenvalue weighted by molar-refractivity contribution is 6.30. The zero-order chi connectivity index (χ0) is 12.1. The molecule has 1 aliphatic rings. The quantitative estimate of drug-likeness (QED) is 0.895. The summed E-state index contributed by atoms with van der Waals surface area (Å²) in [6.45, 7) is 1.69. The van der Waals surface area contributed by atoms with Crippen molar-refractivity contribution in [3.63, 3.8) is 0 Å². The summed E-state index contributed by atoms with van der Waals surface area (Å²) in [6, 6.07) is 7.71. The van der Waals surface area contributed by atoms with Gasteiger partial charge in [-0.05, 0) is 49.3 Å². The van der Waals surface area contributed by atoms with Crippen molar-refractivity contribution in [1.82, 2.24) is 0 Å². The smallest absolute Gasteiger partial charge is 0.0583 e. The highest BCUT2D eigenvalue weighted by Gasteiger charge is 2.17. The zero-order valence-corrected chi connectivity index (χ0v) is 10.7. The van der Waals surface area contributed by atoms with Crippen LogP contribution >= 0.6 is 11.6 Å². The van der Waals surface area contributed by atoms with Gasteiger partial charge >= 0.3 is 0 Å². The molecule has 1 fully saturated rings. The molecule has 1 atom stereocenters. The van der Waals surface area contributed by atoms with E-state index in [0.717, 1.165) is 43.1 Å². The molecule has 0 amide bonds. The van der Waals surface area contributed by atoms with E-state index in [2.05, 4.69) is 0 Å². The van der Waals surface area contributed by atoms with Crippen LogP contribution in [0.1, 0.15) is 24.8 Å². The van der Waals surface area contributed by atoms with Crippen molar-refractivity contribution in [2.45, 2.75) is 31.8 Å². The minimum atomic E-state index is -0.251. The highest BCUT2D eigenvalue weighted by atomic mass is 35.5. The molecule has 1 N–H and O–H groups in total. The van der Waals surface area contributed by atoms with Gasteiger partial charge in [0.2, 0.25) is 0 Å². The maximum Gasteiger partial charge on any atom is 0.0583 e. The molecule has 0 bridgehead atoms. The van der Waals surface area contributed by atoms with E-state index in [9.17, 15) is 5.11 Å². The predicted octanol–water partition coefficient (Wildman–Crippen LogP) is 3.06. The van der Waals surface area contributed by atoms with Gasteiger partial charge in [-0.15, -0.1) is 0 Å². The van der Waals surface area contributed by atoms with Gasteiger partial charge in [0.05, 0.1) is 6.10 Å². The number of hydrogen-bond donors (Lipinski definition) is 1. The molecule has 0 spiro atoms. The van der Waals surface area contributed by atoms with Crippen molar-refractivity contribution >= 4 is 11.6 Å². The van der Waals surface area contributed by atoms with Gasteiger partial charge in [-0.2, -0.15) is 0 Å². The van der Waals surface area contributed by atoms with Crippen molar-refractivity contribution in [3.05, 3.63) is 34.9 Å². The van der Waals surface area contributed by atoms with Crippen LogP contribution in [0.4, 0.5) is 0 Å². The fourth-order valence-corrected chi connectivity index (χ4v) is 2.47. The van der Waals surface area contributed by atoms with E-state index in [1.54, 1.807) is 0 Å². The van der Waals surface area contributed by atoms with Gasteiger partial charge in [0.25, 0.3) is 0 Å². The van der Waals surface area contributed by atoms with Crippen LogP contribution in [0.25, 0.3) is 0 Å². The number of rotatable bonds is 4. The molecule has 1 heterocycles. The molecule has 94 valence electrons. The lowest BCUT2D eigenvalue weighted by Gasteiger charge is -2.24. The molecule has 1 saturated heterocycles. The molecule has 0 radical (unpaired) electrons. The van der Waals surface area contributed by atoms with Crippen molar-refractivity contribution < 1.29 is 9.84 Å². The molecule has 1 aromatic rings. The van der Waals surface area contributed by atoms with E-state index in [4.69, 9.17) is 16.3 Å². The van der Waals surface area contributed by atoms with Crippen molar-refractivity contribution in [1.29, 1.82) is 0 Å². The minimum absolute atomic E-state index is 0.251. The number of aliphatic hydroxyl groups excluding tert-OH is 1. The Bertz CT molecular complexity index is 331. The number of benzene rings is 1. The van der Waals surface area contributed by atoms with E-state index in [1.807, 2.05) is 24.3 Å². The lowest BCUT2D eigenvalue weighted by molar-refractivity contribution is 0.0439. The summed E-state index contributed by atoms with van der Waals surface area (Å²) in [5.41, 5.74) is 1.15. The monoisotopic (exact) mass is 254 g/mol. The standard InChI is InChI=1S/C14H19ClO2/c15-13-3-1-11(2-4-13)9-14(16)10-12-5-7-17-8-6-12/h1-4,12,14,16H,5-10H2. The van der Waals surface area contributed by atoms with E-state index in [0.29, 0.717) is 12.3 Å². The van der Waals surface area contributed by atoms with Gasteiger partial charge < -0.3 is 9.84 Å². The van der Waals surface area contributed by atoms with Gasteiger partial charge in [0.1, 0.15) is 0 Å². The fourth-order valence-electron chi connectivity index (χ4n) is 2.34. The van der Waals surface area contributed by atoms with Crippen LogP contribution in [0.15, 0.2) is 24.3 Å². The van der Waals surface area contributed by atoms with Gasteiger partial charge in [0.15, 0.2) is 0 Å². The van der Waals surface area contributed by atoms with Crippen LogP contribution in [-0.2, 0) is 11.2 Å². The van der Waals surface area contributed by atoms with Crippen molar-refractivity contribution in [3.8, 4) is 0 Å². The molecule has 0 aliphatic carbocycles. The first kappa shape index (κ1) is 12.9. The fraction of sp³-hybridized carbons (Fsp3) is 0.571. The number of hydrogen-bond acceptors (Lipinski definition) is 2. The number of aliphatic hydroxyl groups is 1. The molecule has 0 saturated carbocycles. The second kappa shape index (κ2) is 6.39. The third-order valence-electron chi connectivity index (χ3n) is 3.33. The Kier molecular flexibility index (Phi) is 4.84. The Morgan fingerprint density at radius 3 is 2.53 bits per heavy atom. The third kappa shape index (κ3) is 4.30. The molecule has 2 rings (SSSR count). The van der Waals surface area contributed by atoms with Gasteiger partial charge in [-0.3, -0.25) is 0 Å². The summed E-state index contributed by atoms with van der Waals surface area (Å²) >= 11 is 5.83. The van der Waals surface area contributed by atoms with Crippen LogP contribution in [0.5, 0.6) is 0 Å². The lowest BCUT2D eigenvalue weighted by Crippen LogP contribution is -2.22. The van der Waals surface area contributed by atoms with Crippen molar-refractivity contribution in [2.75, 3.05) is 13.2 Å². The molecule has 0 aromatic heterocycles. The maximum atomic E-state index is 10.1. The predicted molar refractivity (Wildman–Crippen MR) is 69.3 cm³/mol. The lowest BCUT2D eigenvalue weighted by atomic mass is 9.91. The summed E-state index contributed by atoms with van der Waals surface area (Å²) in [4.78, 5) is 0. The second-order valence-corrected chi connectivity index (χ2v) is 5.21. The summed E-state index contributed by atoms with van der Waals surface area (Å²) in [7, 11) is 0. The first-order valence-corrected chi connectivity index (χ1v) is 6.62. The average Bonchev–Trinajstić information content (AvgIpc) is 2.33. The summed E-state index contributed by atoms with van der Waals surface area (Å²) in [5.74, 6) is 0.617. The van der Waals surface area contributed by atoms with E-state index in [1.165, 1.54) is 0 Å². The summed E-state index contributed by atoms with van der Waals surface area (Å²) in [6.07, 6.45) is 3.51. The Balaban J connectivity index is 1.79. The molecule has 1 aliphatic heterocycles. The van der Waals surface area contributed by atoms with Crippen LogP contribution in [-0.4, -0.2) is 24.4 Å². The van der Waals surface area contributed by atoms with Crippen LogP contribution < -0.4 is 0 Å². The van der Waals surface area contributed by atoms with Crippen LogP contribution in [0, 0.1) is 5.92 Å². The van der Waals surface area contributed by atoms with Crippen molar-refractivity contribution in [2.24, 2.45) is 5.92 Å². The molecule has 3 heteroatoms. The molecule has 2 nitrogen and oxygen atoms in total. The summed E-state index contributed by atoms with van der Waals surface area (Å²) < 4.78 is 5.32. The van der Waals surface area contributed by atoms with Gasteiger partial charge in [-0.25, -0.2) is 0 Å². The topological polar surface area (TPSA) is 29.5 Å². The largest absolute Gasteiger partial charge is 0.393 e. The Hall–Kier alpha value is -0.570. The minimum Gasteiger partial charge on any atom is -0.393 e. The molecule has 17 heavy (non-hydrogen) atoms. The summed E-state index contributed by atoms with van der Waals surface area (Å²) in [5, 5.41) is 10.8. The maximum absolute atomic E-state index is 10.1. The van der Waals surface area contributed by atoms with Crippen LogP contribution in [0.3, 0.4) is 0 Å². The normalized spacial score (nSPS) is 19.2. The first-order chi connectivity index (χ1) is 8.24. The zero-order valence-electron chi connectivity index (χ0n) is 9.94. The highest BCUT2D eigenvalue weighted by Crippen LogP contribution is 2.22. The Morgan fingerprint density at radius 2 is 1.88 bits per heavy atom. The molecular formula is C14H19ClO2. The molecular weight excluding hydrogens is 236 g/mol. The first-order valence-electron chi connectivity index (χ1n) is 6.24. The van der Waals surface area contributed by atoms with Gasteiger partial charge in [0, 0.05) is 18.2 Å². The third-order valence-corrected chi connectivity index (χ3v) is 3.58. The average molecular weight is 255 g/mol. The van der Waals surface area contributed by atoms with Crippen LogP contribution in [0.2, 0.25) is 5.02 Å². The SMILES string of the molecule is OC(Cc1ccc(Cl)cc1)CC1CCOCC1. The number of ether oxygens (including phenoxy) is 1. The molecule has 1 unspecified atom stereocenters. The Morgan fingerprint density at radius 1 is 1.24 bits per heavy atom. The van der Waals surface area contributed by atoms with Gasteiger partial charge in [-0.1, -0.05) is 23.7 Å². The second-order valence-electron chi connectivity index (χ2n) is 4.78. The van der Waals surface area contributed by atoms with E-state index in [-0.39, 0.29) is 6.10 Å². The van der Waals surface area contributed by atoms with E-state index >= 15 is 0 Å². The van der Waals surface area contributed by atoms with E-state index < -0.39 is 0 Å². The number of halogens is 1. The Labute approximate surface area is 108 Å². The molecule has 1 aromatic carbocycles.